The van der Waals surface area contributed by atoms with Gasteiger partial charge in [-0.1, -0.05) is 24.3 Å². The van der Waals surface area contributed by atoms with Crippen molar-refractivity contribution in [2.75, 3.05) is 19.8 Å². The van der Waals surface area contributed by atoms with Crippen LogP contribution in [0.1, 0.15) is 18.1 Å². The maximum Gasteiger partial charge on any atom is 0.128 e. The quantitative estimate of drug-likeness (QED) is 0.760. The van der Waals surface area contributed by atoms with E-state index in [1.807, 2.05) is 25.1 Å². The minimum atomic E-state index is 0.630. The third kappa shape index (κ3) is 2.02. The molecule has 0 spiro atoms. The van der Waals surface area contributed by atoms with Gasteiger partial charge >= 0.3 is 0 Å². The summed E-state index contributed by atoms with van der Waals surface area (Å²) in [6, 6.07) is 8.11. The van der Waals surface area contributed by atoms with Gasteiger partial charge in [-0.15, -0.1) is 0 Å². The smallest absolute Gasteiger partial charge is 0.128 e. The number of amidine groups is 1. The highest BCUT2D eigenvalue weighted by Crippen LogP contribution is 2.21. The van der Waals surface area contributed by atoms with Crippen LogP contribution in [0, 0.1) is 5.41 Å². The Morgan fingerprint density at radius 1 is 1.40 bits per heavy atom. The molecule has 2 rings (SSSR count). The average Bonchev–Trinajstić information content (AvgIpc) is 2.57. The van der Waals surface area contributed by atoms with Crippen LogP contribution in [0.25, 0.3) is 0 Å². The molecule has 0 radical (unpaired) electrons. The Hall–Kier alpha value is -1.35. The standard InChI is InChI=1S/C12H16N2O/c1-2-15-8-7-14-9-10-5-3-4-6-11(10)12(14)13/h3-6,13H,2,7-9H2,1H3. The Balaban J connectivity index is 2.01. The molecule has 0 unspecified atom stereocenters. The zero-order valence-electron chi connectivity index (χ0n) is 8.99. The third-order valence-electron chi connectivity index (χ3n) is 2.66. The SMILES string of the molecule is CCOCCN1Cc2ccccc2C1=N. The molecule has 80 valence electrons. The molecule has 3 heteroatoms. The molecule has 1 aromatic carbocycles. The fraction of sp³-hybridized carbons (Fsp3) is 0.417. The van der Waals surface area contributed by atoms with Crippen molar-refractivity contribution in [2.45, 2.75) is 13.5 Å². The Labute approximate surface area is 90.2 Å². The van der Waals surface area contributed by atoms with Crippen molar-refractivity contribution >= 4 is 5.84 Å². The van der Waals surface area contributed by atoms with E-state index in [-0.39, 0.29) is 0 Å². The summed E-state index contributed by atoms with van der Waals surface area (Å²) in [5.41, 5.74) is 2.31. The number of rotatable bonds is 4. The third-order valence-corrected chi connectivity index (χ3v) is 2.66. The van der Waals surface area contributed by atoms with Gasteiger partial charge in [0.05, 0.1) is 6.61 Å². The van der Waals surface area contributed by atoms with E-state index in [0.717, 1.165) is 25.3 Å². The molecule has 0 amide bonds. The molecule has 0 saturated carbocycles. The van der Waals surface area contributed by atoms with Gasteiger partial charge in [-0.2, -0.15) is 0 Å². The molecule has 1 aliphatic heterocycles. The second kappa shape index (κ2) is 4.45. The van der Waals surface area contributed by atoms with Crippen LogP contribution in [0.15, 0.2) is 24.3 Å². The van der Waals surface area contributed by atoms with Crippen LogP contribution >= 0.6 is 0 Å². The van der Waals surface area contributed by atoms with Gasteiger partial charge in [-0.25, -0.2) is 0 Å². The molecule has 0 atom stereocenters. The van der Waals surface area contributed by atoms with Crippen LogP contribution in [0.5, 0.6) is 0 Å². The number of hydrogen-bond acceptors (Lipinski definition) is 2. The monoisotopic (exact) mass is 204 g/mol. The first-order chi connectivity index (χ1) is 7.33. The highest BCUT2D eigenvalue weighted by molar-refractivity contribution is 6.00. The van der Waals surface area contributed by atoms with Crippen LogP contribution in [0.3, 0.4) is 0 Å². The molecule has 3 nitrogen and oxygen atoms in total. The summed E-state index contributed by atoms with van der Waals surface area (Å²) in [5, 5.41) is 7.99. The Morgan fingerprint density at radius 2 is 2.20 bits per heavy atom. The topological polar surface area (TPSA) is 36.3 Å². The highest BCUT2D eigenvalue weighted by atomic mass is 16.5. The Kier molecular flexibility index (Phi) is 3.02. The zero-order chi connectivity index (χ0) is 10.7. The van der Waals surface area contributed by atoms with E-state index in [0.29, 0.717) is 12.4 Å². The zero-order valence-corrected chi connectivity index (χ0v) is 8.99. The lowest BCUT2D eigenvalue weighted by molar-refractivity contribution is 0.132. The van der Waals surface area contributed by atoms with Crippen LogP contribution in [0.2, 0.25) is 0 Å². The molecule has 1 heterocycles. The molecule has 0 saturated heterocycles. The maximum atomic E-state index is 7.99. The van der Waals surface area contributed by atoms with E-state index in [1.165, 1.54) is 5.56 Å². The lowest BCUT2D eigenvalue weighted by Gasteiger charge is -2.17. The van der Waals surface area contributed by atoms with Gasteiger partial charge in [0.15, 0.2) is 0 Å². The van der Waals surface area contributed by atoms with Crippen molar-refractivity contribution < 1.29 is 4.74 Å². The summed E-state index contributed by atoms with van der Waals surface area (Å²) < 4.78 is 5.30. The first-order valence-electron chi connectivity index (χ1n) is 5.32. The predicted octanol–water partition coefficient (Wildman–Crippen LogP) is 1.86. The van der Waals surface area contributed by atoms with E-state index in [4.69, 9.17) is 10.1 Å². The lowest BCUT2D eigenvalue weighted by atomic mass is 10.1. The molecule has 1 N–H and O–H groups in total. The number of benzene rings is 1. The fourth-order valence-corrected chi connectivity index (χ4v) is 1.85. The van der Waals surface area contributed by atoms with Gasteiger partial charge in [0, 0.05) is 25.3 Å². The van der Waals surface area contributed by atoms with Crippen LogP contribution in [-0.4, -0.2) is 30.5 Å². The molecule has 1 aromatic rings. The van der Waals surface area contributed by atoms with E-state index in [9.17, 15) is 0 Å². The van der Waals surface area contributed by atoms with E-state index in [1.54, 1.807) is 0 Å². The number of fused-ring (bicyclic) bond motifs is 1. The van der Waals surface area contributed by atoms with Crippen molar-refractivity contribution in [3.63, 3.8) is 0 Å². The Morgan fingerprint density at radius 3 is 2.93 bits per heavy atom. The maximum absolute atomic E-state index is 7.99. The number of nitrogens with zero attached hydrogens (tertiary/aromatic N) is 1. The predicted molar refractivity (Wildman–Crippen MR) is 60.2 cm³/mol. The minimum absolute atomic E-state index is 0.630. The second-order valence-corrected chi connectivity index (χ2v) is 3.62. The van der Waals surface area contributed by atoms with E-state index >= 15 is 0 Å². The molecule has 0 aliphatic carbocycles. The molecule has 1 aliphatic rings. The molecular weight excluding hydrogens is 188 g/mol. The number of nitrogens with one attached hydrogen (secondary N) is 1. The Bertz CT molecular complexity index is 362. The normalized spacial score (nSPS) is 14.5. The van der Waals surface area contributed by atoms with Gasteiger partial charge < -0.3 is 9.64 Å². The van der Waals surface area contributed by atoms with Gasteiger partial charge in [0.2, 0.25) is 0 Å². The van der Waals surface area contributed by atoms with Crippen molar-refractivity contribution in [1.29, 1.82) is 5.41 Å². The summed E-state index contributed by atoms with van der Waals surface area (Å²) in [7, 11) is 0. The summed E-state index contributed by atoms with van der Waals surface area (Å²) in [5.74, 6) is 0.630. The van der Waals surface area contributed by atoms with Gasteiger partial charge in [0.25, 0.3) is 0 Å². The van der Waals surface area contributed by atoms with Gasteiger partial charge in [-0.05, 0) is 12.5 Å². The number of hydrogen-bond donors (Lipinski definition) is 1. The van der Waals surface area contributed by atoms with E-state index in [2.05, 4.69) is 11.0 Å². The van der Waals surface area contributed by atoms with Crippen molar-refractivity contribution in [3.8, 4) is 0 Å². The average molecular weight is 204 g/mol. The molecule has 0 fully saturated rings. The largest absolute Gasteiger partial charge is 0.380 e. The summed E-state index contributed by atoms with van der Waals surface area (Å²) in [4.78, 5) is 2.06. The highest BCUT2D eigenvalue weighted by Gasteiger charge is 2.22. The summed E-state index contributed by atoms with van der Waals surface area (Å²) in [6.45, 7) is 5.09. The van der Waals surface area contributed by atoms with Crippen molar-refractivity contribution in [3.05, 3.63) is 35.4 Å². The molecule has 0 aromatic heterocycles. The van der Waals surface area contributed by atoms with Gasteiger partial charge in [0.1, 0.15) is 5.84 Å². The van der Waals surface area contributed by atoms with E-state index < -0.39 is 0 Å². The lowest BCUT2D eigenvalue weighted by Crippen LogP contribution is -2.27. The molecular formula is C12H16N2O. The molecule has 0 bridgehead atoms. The van der Waals surface area contributed by atoms with Crippen LogP contribution in [0.4, 0.5) is 0 Å². The summed E-state index contributed by atoms with van der Waals surface area (Å²) in [6.07, 6.45) is 0. The van der Waals surface area contributed by atoms with Crippen molar-refractivity contribution in [1.82, 2.24) is 4.90 Å². The number of ether oxygens (including phenoxy) is 1. The molecule has 15 heavy (non-hydrogen) atoms. The van der Waals surface area contributed by atoms with Crippen LogP contribution in [-0.2, 0) is 11.3 Å². The first-order valence-corrected chi connectivity index (χ1v) is 5.32. The fourth-order valence-electron chi connectivity index (χ4n) is 1.85. The minimum Gasteiger partial charge on any atom is -0.380 e. The second-order valence-electron chi connectivity index (χ2n) is 3.62. The summed E-state index contributed by atoms with van der Waals surface area (Å²) >= 11 is 0. The van der Waals surface area contributed by atoms with Gasteiger partial charge in [-0.3, -0.25) is 5.41 Å². The van der Waals surface area contributed by atoms with Crippen molar-refractivity contribution in [2.24, 2.45) is 0 Å². The first kappa shape index (κ1) is 10.2. The van der Waals surface area contributed by atoms with Crippen LogP contribution < -0.4 is 0 Å².